The minimum Gasteiger partial charge on any atom is -0.497 e. The van der Waals surface area contributed by atoms with Gasteiger partial charge in [0.25, 0.3) is 5.91 Å². The zero-order valence-electron chi connectivity index (χ0n) is 16.0. The highest BCUT2D eigenvalue weighted by Crippen LogP contribution is 2.42. The highest BCUT2D eigenvalue weighted by atomic mass is 32.1. The number of carbonyl (C=O) groups is 1. The van der Waals surface area contributed by atoms with Gasteiger partial charge in [0.2, 0.25) is 0 Å². The molecule has 0 unspecified atom stereocenters. The van der Waals surface area contributed by atoms with Gasteiger partial charge in [0.15, 0.2) is 0 Å². The number of methoxy groups -OCH3 is 1. The molecule has 0 saturated carbocycles. The van der Waals surface area contributed by atoms with E-state index in [2.05, 4.69) is 24.0 Å². The van der Waals surface area contributed by atoms with Crippen molar-refractivity contribution in [2.45, 2.75) is 44.6 Å². The second-order valence-electron chi connectivity index (χ2n) is 7.28. The van der Waals surface area contributed by atoms with Gasteiger partial charge in [0, 0.05) is 18.5 Å². The van der Waals surface area contributed by atoms with Gasteiger partial charge in [-0.1, -0.05) is 13.0 Å². The molecule has 0 aliphatic carbocycles. The van der Waals surface area contributed by atoms with E-state index < -0.39 is 0 Å². The van der Waals surface area contributed by atoms with E-state index >= 15 is 0 Å². The van der Waals surface area contributed by atoms with Crippen LogP contribution in [0.25, 0.3) is 0 Å². The van der Waals surface area contributed by atoms with Gasteiger partial charge in [-0.05, 0) is 55.4 Å². The van der Waals surface area contributed by atoms with Crippen molar-refractivity contribution in [3.8, 4) is 5.75 Å². The molecule has 4 rings (SSSR count). The third-order valence-electron chi connectivity index (χ3n) is 5.65. The first-order valence-corrected chi connectivity index (χ1v) is 10.6. The van der Waals surface area contributed by atoms with Crippen LogP contribution in [-0.4, -0.2) is 42.6 Å². The molecular weight excluding hydrogens is 360 g/mol. The lowest BCUT2D eigenvalue weighted by molar-refractivity contribution is -0.0935. The van der Waals surface area contributed by atoms with E-state index in [1.807, 2.05) is 16.3 Å². The van der Waals surface area contributed by atoms with Crippen LogP contribution in [0.15, 0.2) is 23.6 Å². The van der Waals surface area contributed by atoms with Crippen LogP contribution in [0.5, 0.6) is 5.75 Å². The van der Waals surface area contributed by atoms with Gasteiger partial charge in [0.1, 0.15) is 11.4 Å². The third-order valence-corrected chi connectivity index (χ3v) is 6.55. The molecule has 1 aromatic carbocycles. The summed E-state index contributed by atoms with van der Waals surface area (Å²) >= 11 is 1.59. The second kappa shape index (κ2) is 7.60. The number of ether oxygens (including phenoxy) is 2. The Morgan fingerprint density at radius 2 is 2.19 bits per heavy atom. The standard InChI is InChI=1S/C21H26N2O3S/c1-3-4-19-22-18(14-27-19)20(24)23-10-8-21(9-11-23)17-6-5-16(25-2)13-15(17)7-12-26-21/h5-6,13-14H,3-4,7-12H2,1-2H3. The van der Waals surface area contributed by atoms with Crippen molar-refractivity contribution in [1.82, 2.24) is 9.88 Å². The second-order valence-corrected chi connectivity index (χ2v) is 8.23. The largest absolute Gasteiger partial charge is 0.497 e. The van der Waals surface area contributed by atoms with Crippen LogP contribution >= 0.6 is 11.3 Å². The Labute approximate surface area is 164 Å². The molecule has 1 saturated heterocycles. The number of hydrogen-bond donors (Lipinski definition) is 0. The van der Waals surface area contributed by atoms with Gasteiger partial charge in [-0.15, -0.1) is 11.3 Å². The fourth-order valence-electron chi connectivity index (χ4n) is 4.17. The minimum atomic E-state index is -0.272. The van der Waals surface area contributed by atoms with Crippen molar-refractivity contribution in [3.05, 3.63) is 45.4 Å². The quantitative estimate of drug-likeness (QED) is 0.802. The molecule has 0 atom stereocenters. The molecule has 1 fully saturated rings. The molecule has 0 bridgehead atoms. The molecule has 2 aliphatic rings. The van der Waals surface area contributed by atoms with Crippen molar-refractivity contribution in [1.29, 1.82) is 0 Å². The fraction of sp³-hybridized carbons (Fsp3) is 0.524. The average Bonchev–Trinajstić information content (AvgIpc) is 3.17. The Balaban J connectivity index is 1.48. The van der Waals surface area contributed by atoms with E-state index in [4.69, 9.17) is 9.47 Å². The van der Waals surface area contributed by atoms with Gasteiger partial charge in [0.05, 0.1) is 24.3 Å². The molecule has 5 nitrogen and oxygen atoms in total. The molecule has 6 heteroatoms. The molecule has 0 radical (unpaired) electrons. The molecule has 1 spiro atoms. The number of benzene rings is 1. The lowest BCUT2D eigenvalue weighted by atomic mass is 9.79. The highest BCUT2D eigenvalue weighted by molar-refractivity contribution is 7.09. The van der Waals surface area contributed by atoms with Crippen LogP contribution in [0.1, 0.15) is 52.8 Å². The lowest BCUT2D eigenvalue weighted by Gasteiger charge is -2.45. The summed E-state index contributed by atoms with van der Waals surface area (Å²) in [4.78, 5) is 19.3. The van der Waals surface area contributed by atoms with E-state index in [1.165, 1.54) is 11.1 Å². The zero-order chi connectivity index (χ0) is 18.9. The molecule has 27 heavy (non-hydrogen) atoms. The average molecular weight is 387 g/mol. The summed E-state index contributed by atoms with van der Waals surface area (Å²) in [5.74, 6) is 0.944. The Bertz CT molecular complexity index is 825. The number of rotatable bonds is 4. The fourth-order valence-corrected chi connectivity index (χ4v) is 5.04. The van der Waals surface area contributed by atoms with Crippen molar-refractivity contribution in [2.75, 3.05) is 26.8 Å². The number of piperidine rings is 1. The monoisotopic (exact) mass is 386 g/mol. The lowest BCUT2D eigenvalue weighted by Crippen LogP contribution is -2.48. The molecule has 3 heterocycles. The third kappa shape index (κ3) is 3.48. The summed E-state index contributed by atoms with van der Waals surface area (Å²) in [6.45, 7) is 4.25. The predicted octanol–water partition coefficient (Wildman–Crippen LogP) is 3.81. The van der Waals surface area contributed by atoms with Crippen LogP contribution in [-0.2, 0) is 23.2 Å². The number of nitrogens with zero attached hydrogens (tertiary/aromatic N) is 2. The molecule has 2 aromatic rings. The summed E-state index contributed by atoms with van der Waals surface area (Å²) in [5.41, 5.74) is 2.89. The maximum Gasteiger partial charge on any atom is 0.273 e. The minimum absolute atomic E-state index is 0.0502. The molecule has 2 aliphatic heterocycles. The number of hydrogen-bond acceptors (Lipinski definition) is 5. The number of thiazole rings is 1. The summed E-state index contributed by atoms with van der Waals surface area (Å²) in [5, 5.41) is 2.95. The Kier molecular flexibility index (Phi) is 5.19. The Morgan fingerprint density at radius 1 is 1.37 bits per heavy atom. The molecule has 1 amide bonds. The van der Waals surface area contributed by atoms with E-state index in [0.717, 1.165) is 49.5 Å². The first-order valence-electron chi connectivity index (χ1n) is 9.70. The first kappa shape index (κ1) is 18.4. The highest BCUT2D eigenvalue weighted by Gasteiger charge is 2.42. The zero-order valence-corrected chi connectivity index (χ0v) is 16.8. The summed E-state index contributed by atoms with van der Waals surface area (Å²) in [6.07, 6.45) is 4.55. The molecule has 144 valence electrons. The van der Waals surface area contributed by atoms with Gasteiger partial charge >= 0.3 is 0 Å². The SMILES string of the molecule is CCCc1nc(C(=O)N2CCC3(CC2)OCCc2cc(OC)ccc23)cs1. The van der Waals surface area contributed by atoms with Crippen molar-refractivity contribution < 1.29 is 14.3 Å². The number of amides is 1. The molecular formula is C21H26N2O3S. The van der Waals surface area contributed by atoms with Gasteiger partial charge in [-0.3, -0.25) is 4.79 Å². The summed E-state index contributed by atoms with van der Waals surface area (Å²) in [6, 6.07) is 6.28. The maximum atomic E-state index is 12.8. The van der Waals surface area contributed by atoms with E-state index in [9.17, 15) is 4.79 Å². The number of fused-ring (bicyclic) bond motifs is 2. The number of aryl methyl sites for hydroxylation is 1. The van der Waals surface area contributed by atoms with Crippen LogP contribution in [0.2, 0.25) is 0 Å². The maximum absolute atomic E-state index is 12.8. The topological polar surface area (TPSA) is 51.7 Å². The van der Waals surface area contributed by atoms with E-state index in [-0.39, 0.29) is 11.5 Å². The van der Waals surface area contributed by atoms with Crippen LogP contribution in [0.4, 0.5) is 0 Å². The Morgan fingerprint density at radius 3 is 2.93 bits per heavy atom. The van der Waals surface area contributed by atoms with Crippen LogP contribution in [0, 0.1) is 0 Å². The van der Waals surface area contributed by atoms with E-state index in [0.29, 0.717) is 18.8 Å². The first-order chi connectivity index (χ1) is 13.1. The molecule has 1 aromatic heterocycles. The smallest absolute Gasteiger partial charge is 0.273 e. The van der Waals surface area contributed by atoms with Crippen LogP contribution < -0.4 is 4.74 Å². The summed E-state index contributed by atoms with van der Waals surface area (Å²) in [7, 11) is 1.70. The predicted molar refractivity (Wildman–Crippen MR) is 106 cm³/mol. The number of aromatic nitrogens is 1. The molecule has 0 N–H and O–H groups in total. The van der Waals surface area contributed by atoms with Crippen LogP contribution in [0.3, 0.4) is 0 Å². The van der Waals surface area contributed by atoms with Gasteiger partial charge in [-0.25, -0.2) is 4.98 Å². The van der Waals surface area contributed by atoms with Crippen molar-refractivity contribution >= 4 is 17.2 Å². The van der Waals surface area contributed by atoms with Crippen molar-refractivity contribution in [3.63, 3.8) is 0 Å². The summed E-state index contributed by atoms with van der Waals surface area (Å²) < 4.78 is 11.7. The van der Waals surface area contributed by atoms with Crippen molar-refractivity contribution in [2.24, 2.45) is 0 Å². The van der Waals surface area contributed by atoms with Gasteiger partial charge < -0.3 is 14.4 Å². The Hall–Kier alpha value is -1.92. The number of carbonyl (C=O) groups excluding carboxylic acids is 1. The normalized spacial score (nSPS) is 18.4. The van der Waals surface area contributed by atoms with E-state index in [1.54, 1.807) is 18.4 Å². The number of likely N-dealkylation sites (tertiary alicyclic amines) is 1. The van der Waals surface area contributed by atoms with Gasteiger partial charge in [-0.2, -0.15) is 0 Å².